The van der Waals surface area contributed by atoms with Crippen LogP contribution in [0, 0.1) is 5.92 Å². The molecule has 0 aromatic rings. The van der Waals surface area contributed by atoms with Gasteiger partial charge in [-0.15, -0.1) is 0 Å². The number of ether oxygens (including phenoxy) is 2. The van der Waals surface area contributed by atoms with Crippen LogP contribution in [0.1, 0.15) is 40.5 Å². The van der Waals surface area contributed by atoms with Gasteiger partial charge in [0.05, 0.1) is 19.8 Å². The summed E-state index contributed by atoms with van der Waals surface area (Å²) in [4.78, 5) is 2.62. The van der Waals surface area contributed by atoms with Gasteiger partial charge < -0.3 is 14.8 Å². The second kappa shape index (κ2) is 8.98. The number of nitrogens with zero attached hydrogens (tertiary/aromatic N) is 1. The third-order valence-electron chi connectivity index (χ3n) is 4.96. The number of hydrogen-bond donors (Lipinski definition) is 1. The van der Waals surface area contributed by atoms with E-state index in [4.69, 9.17) is 9.47 Å². The van der Waals surface area contributed by atoms with Crippen molar-refractivity contribution in [3.8, 4) is 0 Å². The summed E-state index contributed by atoms with van der Waals surface area (Å²) in [5.74, 6) is 0.730. The van der Waals surface area contributed by atoms with Gasteiger partial charge in [-0.05, 0) is 19.3 Å². The molecule has 3 atom stereocenters. The van der Waals surface area contributed by atoms with Crippen LogP contribution in [0.3, 0.4) is 0 Å². The minimum Gasteiger partial charge on any atom is -0.382 e. The molecule has 0 saturated carbocycles. The molecule has 0 bridgehead atoms. The van der Waals surface area contributed by atoms with E-state index >= 15 is 0 Å². The smallest absolute Gasteiger partial charge is 0.0700 e. The van der Waals surface area contributed by atoms with Crippen molar-refractivity contribution in [3.05, 3.63) is 0 Å². The first-order valence-corrected chi connectivity index (χ1v) is 8.12. The lowest BCUT2D eigenvalue weighted by atomic mass is 9.88. The zero-order valence-corrected chi connectivity index (χ0v) is 14.1. The van der Waals surface area contributed by atoms with E-state index in [1.807, 2.05) is 0 Å². The first kappa shape index (κ1) is 17.9. The van der Waals surface area contributed by atoms with E-state index in [-0.39, 0.29) is 5.54 Å². The third kappa shape index (κ3) is 4.99. The first-order valence-electron chi connectivity index (χ1n) is 8.12. The Balaban J connectivity index is 2.47. The highest BCUT2D eigenvalue weighted by molar-refractivity contribution is 4.96. The Labute approximate surface area is 125 Å². The van der Waals surface area contributed by atoms with E-state index in [2.05, 4.69) is 37.9 Å². The van der Waals surface area contributed by atoms with Crippen molar-refractivity contribution in [1.29, 1.82) is 0 Å². The molecule has 1 N–H and O–H groups in total. The average Bonchev–Trinajstić information content (AvgIpc) is 2.48. The van der Waals surface area contributed by atoms with Gasteiger partial charge in [-0.2, -0.15) is 0 Å². The number of methoxy groups -OCH3 is 1. The maximum Gasteiger partial charge on any atom is 0.0700 e. The van der Waals surface area contributed by atoms with E-state index in [0.29, 0.717) is 19.3 Å². The lowest BCUT2D eigenvalue weighted by Crippen LogP contribution is -2.64. The molecule has 1 fully saturated rings. The minimum atomic E-state index is 0.259. The van der Waals surface area contributed by atoms with Gasteiger partial charge in [-0.25, -0.2) is 0 Å². The van der Waals surface area contributed by atoms with Gasteiger partial charge in [0.2, 0.25) is 0 Å². The normalized spacial score (nSPS) is 29.6. The summed E-state index contributed by atoms with van der Waals surface area (Å²) in [6.07, 6.45) is 2.41. The Morgan fingerprint density at radius 1 is 1.30 bits per heavy atom. The van der Waals surface area contributed by atoms with Gasteiger partial charge in [0.25, 0.3) is 0 Å². The zero-order valence-electron chi connectivity index (χ0n) is 14.1. The van der Waals surface area contributed by atoms with Gasteiger partial charge in [-0.3, -0.25) is 4.90 Å². The molecule has 0 spiro atoms. The monoisotopic (exact) mass is 286 g/mol. The van der Waals surface area contributed by atoms with E-state index in [9.17, 15) is 0 Å². The van der Waals surface area contributed by atoms with Crippen LogP contribution < -0.4 is 5.32 Å². The van der Waals surface area contributed by atoms with Crippen molar-refractivity contribution in [2.24, 2.45) is 5.92 Å². The number of rotatable bonds is 9. The van der Waals surface area contributed by atoms with E-state index < -0.39 is 0 Å². The zero-order chi connectivity index (χ0) is 15.0. The van der Waals surface area contributed by atoms with Gasteiger partial charge in [0, 0.05) is 38.3 Å². The van der Waals surface area contributed by atoms with Crippen LogP contribution in [0.25, 0.3) is 0 Å². The predicted molar refractivity (Wildman–Crippen MR) is 84.2 cm³/mol. The van der Waals surface area contributed by atoms with Crippen molar-refractivity contribution in [2.75, 3.05) is 46.6 Å². The molecule has 120 valence electrons. The molecule has 1 rings (SSSR count). The van der Waals surface area contributed by atoms with Gasteiger partial charge in [-0.1, -0.05) is 27.2 Å². The molecular weight excluding hydrogens is 252 g/mol. The molecule has 0 radical (unpaired) electrons. The molecule has 0 amide bonds. The molecule has 1 saturated heterocycles. The lowest BCUT2D eigenvalue weighted by molar-refractivity contribution is 0.000360. The summed E-state index contributed by atoms with van der Waals surface area (Å²) in [5.41, 5.74) is 0.259. The predicted octanol–water partition coefficient (Wildman–Crippen LogP) is 2.14. The molecule has 1 heterocycles. The molecule has 0 aromatic carbocycles. The Morgan fingerprint density at radius 2 is 2.05 bits per heavy atom. The highest BCUT2D eigenvalue weighted by Gasteiger charge is 2.37. The van der Waals surface area contributed by atoms with Crippen molar-refractivity contribution in [2.45, 2.75) is 52.1 Å². The van der Waals surface area contributed by atoms with Crippen LogP contribution in [0.4, 0.5) is 0 Å². The van der Waals surface area contributed by atoms with Gasteiger partial charge in [0.1, 0.15) is 0 Å². The second-order valence-electron chi connectivity index (χ2n) is 6.27. The number of hydrogen-bond acceptors (Lipinski definition) is 4. The summed E-state index contributed by atoms with van der Waals surface area (Å²) >= 11 is 0. The topological polar surface area (TPSA) is 33.7 Å². The molecular formula is C16H34N2O2. The quantitative estimate of drug-likeness (QED) is 0.659. The molecule has 0 aromatic heterocycles. The van der Waals surface area contributed by atoms with Crippen LogP contribution in [0.5, 0.6) is 0 Å². The lowest BCUT2D eigenvalue weighted by Gasteiger charge is -2.49. The molecule has 1 aliphatic heterocycles. The summed E-state index contributed by atoms with van der Waals surface area (Å²) in [6, 6.07) is 0.610. The Kier molecular flexibility index (Phi) is 8.03. The Morgan fingerprint density at radius 3 is 2.65 bits per heavy atom. The molecule has 20 heavy (non-hydrogen) atoms. The second-order valence-corrected chi connectivity index (χ2v) is 6.27. The summed E-state index contributed by atoms with van der Waals surface area (Å²) in [7, 11) is 1.71. The average molecular weight is 286 g/mol. The highest BCUT2D eigenvalue weighted by Crippen LogP contribution is 2.25. The van der Waals surface area contributed by atoms with E-state index in [1.165, 1.54) is 12.8 Å². The summed E-state index contributed by atoms with van der Waals surface area (Å²) < 4.78 is 10.7. The van der Waals surface area contributed by atoms with Gasteiger partial charge >= 0.3 is 0 Å². The van der Waals surface area contributed by atoms with Crippen LogP contribution in [0.15, 0.2) is 0 Å². The van der Waals surface area contributed by atoms with Crippen LogP contribution in [-0.2, 0) is 9.47 Å². The van der Waals surface area contributed by atoms with Crippen molar-refractivity contribution >= 4 is 0 Å². The van der Waals surface area contributed by atoms with Crippen molar-refractivity contribution in [3.63, 3.8) is 0 Å². The third-order valence-corrected chi connectivity index (χ3v) is 4.96. The summed E-state index contributed by atoms with van der Waals surface area (Å²) in [6.45, 7) is 14.7. The maximum atomic E-state index is 5.65. The van der Waals surface area contributed by atoms with Crippen LogP contribution in [-0.4, -0.2) is 63.0 Å². The minimum absolute atomic E-state index is 0.259. The maximum absolute atomic E-state index is 5.65. The van der Waals surface area contributed by atoms with E-state index in [1.54, 1.807) is 7.11 Å². The molecule has 0 aliphatic carbocycles. The van der Waals surface area contributed by atoms with Crippen LogP contribution in [0.2, 0.25) is 0 Å². The SMILES string of the molecule is CCC(C)C1CN(CCOCCOC)C(C)(CC)CN1. The molecule has 1 aliphatic rings. The van der Waals surface area contributed by atoms with E-state index in [0.717, 1.165) is 32.2 Å². The largest absolute Gasteiger partial charge is 0.382 e. The fourth-order valence-corrected chi connectivity index (χ4v) is 2.78. The molecule has 4 nitrogen and oxygen atoms in total. The first-order chi connectivity index (χ1) is 9.57. The fraction of sp³-hybridized carbons (Fsp3) is 1.00. The standard InChI is InChI=1S/C16H34N2O2/c1-6-14(3)15-12-18(8-9-20-11-10-19-5)16(4,7-2)13-17-15/h14-15,17H,6-13H2,1-5H3. The van der Waals surface area contributed by atoms with Crippen LogP contribution >= 0.6 is 0 Å². The summed E-state index contributed by atoms with van der Waals surface area (Å²) in [5, 5.41) is 3.75. The van der Waals surface area contributed by atoms with Crippen molar-refractivity contribution < 1.29 is 9.47 Å². The number of piperazine rings is 1. The highest BCUT2D eigenvalue weighted by atomic mass is 16.5. The Hall–Kier alpha value is -0.160. The Bertz CT molecular complexity index is 263. The molecule has 3 unspecified atom stereocenters. The number of nitrogens with one attached hydrogen (secondary N) is 1. The fourth-order valence-electron chi connectivity index (χ4n) is 2.78. The van der Waals surface area contributed by atoms with Crippen molar-refractivity contribution in [1.82, 2.24) is 10.2 Å². The van der Waals surface area contributed by atoms with Gasteiger partial charge in [0.15, 0.2) is 0 Å². The molecule has 4 heteroatoms.